The number of rotatable bonds is 4. The molecule has 4 unspecified atom stereocenters. The molecule has 0 aromatic heterocycles. The molecule has 106 valence electrons. The first kappa shape index (κ1) is 14.3. The fourth-order valence-electron chi connectivity index (χ4n) is 4.01. The smallest absolute Gasteiger partial charge is 0.0254 e. The second-order valence-corrected chi connectivity index (χ2v) is 6.67. The Morgan fingerprint density at radius 3 is 2.50 bits per heavy atom. The Hall–Kier alpha value is -0.120. The molecular weight excluding hydrogens is 222 g/mol. The van der Waals surface area contributed by atoms with Gasteiger partial charge in [0.25, 0.3) is 0 Å². The fraction of sp³-hybridized carbons (Fsp3) is 1.00. The van der Waals surface area contributed by atoms with E-state index in [1.807, 2.05) is 0 Å². The maximum absolute atomic E-state index is 3.54. The first-order valence-corrected chi connectivity index (χ1v) is 7.68. The highest BCUT2D eigenvalue weighted by molar-refractivity contribution is 4.90. The first-order chi connectivity index (χ1) is 8.61. The summed E-state index contributed by atoms with van der Waals surface area (Å²) in [6.45, 7) is 6.26. The van der Waals surface area contributed by atoms with Crippen molar-refractivity contribution in [1.82, 2.24) is 15.1 Å². The second-order valence-electron chi connectivity index (χ2n) is 6.67. The van der Waals surface area contributed by atoms with E-state index in [2.05, 4.69) is 43.2 Å². The molecule has 0 bridgehead atoms. The maximum atomic E-state index is 3.54. The van der Waals surface area contributed by atoms with Crippen LogP contribution >= 0.6 is 0 Å². The predicted molar refractivity (Wildman–Crippen MR) is 77.9 cm³/mol. The molecule has 0 aromatic rings. The lowest BCUT2D eigenvalue weighted by atomic mass is 9.84. The molecule has 0 aromatic carbocycles. The van der Waals surface area contributed by atoms with Crippen LogP contribution in [0.3, 0.4) is 0 Å². The normalized spacial score (nSPS) is 38.5. The molecule has 2 rings (SSSR count). The first-order valence-electron chi connectivity index (χ1n) is 7.68. The Kier molecular flexibility index (Phi) is 5.05. The van der Waals surface area contributed by atoms with Crippen molar-refractivity contribution >= 4 is 0 Å². The number of likely N-dealkylation sites (tertiary alicyclic amines) is 1. The Labute approximate surface area is 113 Å². The van der Waals surface area contributed by atoms with E-state index in [1.165, 1.54) is 45.3 Å². The van der Waals surface area contributed by atoms with Gasteiger partial charge in [-0.15, -0.1) is 0 Å². The quantitative estimate of drug-likeness (QED) is 0.822. The molecule has 1 saturated heterocycles. The summed E-state index contributed by atoms with van der Waals surface area (Å²) < 4.78 is 0. The van der Waals surface area contributed by atoms with Gasteiger partial charge in [-0.3, -0.25) is 0 Å². The van der Waals surface area contributed by atoms with Gasteiger partial charge in [0.05, 0.1) is 0 Å². The monoisotopic (exact) mass is 253 g/mol. The predicted octanol–water partition coefficient (Wildman–Crippen LogP) is 1.65. The zero-order valence-corrected chi connectivity index (χ0v) is 12.7. The van der Waals surface area contributed by atoms with Crippen molar-refractivity contribution < 1.29 is 0 Å². The molecule has 2 aliphatic rings. The van der Waals surface area contributed by atoms with Crippen molar-refractivity contribution in [3.05, 3.63) is 0 Å². The van der Waals surface area contributed by atoms with Crippen LogP contribution in [0.4, 0.5) is 0 Å². The molecule has 2 fully saturated rings. The molecule has 4 atom stereocenters. The molecule has 1 aliphatic heterocycles. The lowest BCUT2D eigenvalue weighted by Crippen LogP contribution is -2.43. The van der Waals surface area contributed by atoms with Crippen LogP contribution in [0.25, 0.3) is 0 Å². The van der Waals surface area contributed by atoms with Gasteiger partial charge >= 0.3 is 0 Å². The van der Waals surface area contributed by atoms with E-state index >= 15 is 0 Å². The zero-order chi connectivity index (χ0) is 13.1. The SMILES string of the molecule is CNC1CCCCC1CN1CC(C)C(N(C)C)C1. The van der Waals surface area contributed by atoms with E-state index in [1.54, 1.807) is 0 Å². The molecule has 3 nitrogen and oxygen atoms in total. The van der Waals surface area contributed by atoms with Crippen LogP contribution < -0.4 is 5.32 Å². The average Bonchev–Trinajstić information content (AvgIpc) is 2.71. The highest BCUT2D eigenvalue weighted by Gasteiger charge is 2.33. The molecule has 18 heavy (non-hydrogen) atoms. The summed E-state index contributed by atoms with van der Waals surface area (Å²) in [5.41, 5.74) is 0. The van der Waals surface area contributed by atoms with Crippen LogP contribution in [-0.4, -0.2) is 62.7 Å². The van der Waals surface area contributed by atoms with Gasteiger partial charge in [-0.1, -0.05) is 19.8 Å². The second kappa shape index (κ2) is 6.36. The Balaban J connectivity index is 1.86. The number of nitrogens with one attached hydrogen (secondary N) is 1. The van der Waals surface area contributed by atoms with Crippen molar-refractivity contribution in [1.29, 1.82) is 0 Å². The largest absolute Gasteiger partial charge is 0.317 e. The van der Waals surface area contributed by atoms with Crippen LogP contribution in [0.15, 0.2) is 0 Å². The van der Waals surface area contributed by atoms with Gasteiger partial charge < -0.3 is 15.1 Å². The summed E-state index contributed by atoms with van der Waals surface area (Å²) in [5, 5.41) is 3.54. The van der Waals surface area contributed by atoms with Gasteiger partial charge in [0.2, 0.25) is 0 Å². The third kappa shape index (κ3) is 3.25. The lowest BCUT2D eigenvalue weighted by Gasteiger charge is -2.34. The van der Waals surface area contributed by atoms with E-state index in [9.17, 15) is 0 Å². The summed E-state index contributed by atoms with van der Waals surface area (Å²) in [4.78, 5) is 5.11. The van der Waals surface area contributed by atoms with E-state index < -0.39 is 0 Å². The van der Waals surface area contributed by atoms with Gasteiger partial charge in [0.1, 0.15) is 0 Å². The standard InChI is InChI=1S/C15H31N3/c1-12-9-18(11-15(12)17(3)4)10-13-7-5-6-8-14(13)16-2/h12-16H,5-11H2,1-4H3. The third-order valence-corrected chi connectivity index (χ3v) is 5.08. The molecule has 0 spiro atoms. The summed E-state index contributed by atoms with van der Waals surface area (Å²) in [5.74, 6) is 1.69. The van der Waals surface area contributed by atoms with E-state index in [4.69, 9.17) is 0 Å². The van der Waals surface area contributed by atoms with Crippen LogP contribution in [0.5, 0.6) is 0 Å². The maximum Gasteiger partial charge on any atom is 0.0254 e. The molecular formula is C15H31N3. The molecule has 1 saturated carbocycles. The van der Waals surface area contributed by atoms with Crippen LogP contribution in [0, 0.1) is 11.8 Å². The van der Waals surface area contributed by atoms with Crippen molar-refractivity contribution in [3.63, 3.8) is 0 Å². The summed E-state index contributed by atoms with van der Waals surface area (Å²) in [7, 11) is 6.58. The van der Waals surface area contributed by atoms with Crippen LogP contribution in [0.2, 0.25) is 0 Å². The van der Waals surface area contributed by atoms with Gasteiger partial charge in [-0.05, 0) is 45.8 Å². The minimum atomic E-state index is 0.752. The number of hydrogen-bond donors (Lipinski definition) is 1. The molecule has 1 heterocycles. The topological polar surface area (TPSA) is 18.5 Å². The minimum absolute atomic E-state index is 0.752. The zero-order valence-electron chi connectivity index (χ0n) is 12.7. The Morgan fingerprint density at radius 2 is 1.89 bits per heavy atom. The molecule has 0 amide bonds. The number of hydrogen-bond acceptors (Lipinski definition) is 3. The number of nitrogens with zero attached hydrogens (tertiary/aromatic N) is 2. The molecule has 1 N–H and O–H groups in total. The highest BCUT2D eigenvalue weighted by Crippen LogP contribution is 2.28. The van der Waals surface area contributed by atoms with Gasteiger partial charge in [0, 0.05) is 31.7 Å². The fourth-order valence-corrected chi connectivity index (χ4v) is 4.01. The lowest BCUT2D eigenvalue weighted by molar-refractivity contribution is 0.184. The van der Waals surface area contributed by atoms with Crippen LogP contribution in [0.1, 0.15) is 32.6 Å². The average molecular weight is 253 g/mol. The third-order valence-electron chi connectivity index (χ3n) is 5.08. The van der Waals surface area contributed by atoms with Crippen molar-refractivity contribution in [2.45, 2.75) is 44.7 Å². The molecule has 3 heteroatoms. The summed E-state index contributed by atoms with van der Waals surface area (Å²) in [6, 6.07) is 1.51. The minimum Gasteiger partial charge on any atom is -0.317 e. The summed E-state index contributed by atoms with van der Waals surface area (Å²) in [6.07, 6.45) is 5.65. The van der Waals surface area contributed by atoms with E-state index in [0.717, 1.165) is 23.9 Å². The number of likely N-dealkylation sites (N-methyl/N-ethyl adjacent to an activating group) is 1. The highest BCUT2D eigenvalue weighted by atomic mass is 15.2. The Morgan fingerprint density at radius 1 is 1.17 bits per heavy atom. The molecule has 1 aliphatic carbocycles. The Bertz CT molecular complexity index is 254. The van der Waals surface area contributed by atoms with Crippen molar-refractivity contribution in [2.75, 3.05) is 40.8 Å². The van der Waals surface area contributed by atoms with E-state index in [0.29, 0.717) is 0 Å². The summed E-state index contributed by atoms with van der Waals surface area (Å²) >= 11 is 0. The molecule has 0 radical (unpaired) electrons. The van der Waals surface area contributed by atoms with Crippen LogP contribution in [-0.2, 0) is 0 Å². The van der Waals surface area contributed by atoms with Crippen molar-refractivity contribution in [2.24, 2.45) is 11.8 Å². The van der Waals surface area contributed by atoms with Crippen molar-refractivity contribution in [3.8, 4) is 0 Å². The van der Waals surface area contributed by atoms with Gasteiger partial charge in [0.15, 0.2) is 0 Å². The van der Waals surface area contributed by atoms with E-state index in [-0.39, 0.29) is 0 Å². The van der Waals surface area contributed by atoms with Gasteiger partial charge in [-0.2, -0.15) is 0 Å². The van der Waals surface area contributed by atoms with Gasteiger partial charge in [-0.25, -0.2) is 0 Å².